The second kappa shape index (κ2) is 8.94. The third kappa shape index (κ3) is 5.02. The fraction of sp³-hybridized carbons (Fsp3) is 0.368. The molecule has 1 aromatic heterocycles. The molecule has 1 fully saturated rings. The molecule has 0 atom stereocenters. The van der Waals surface area contributed by atoms with Crippen LogP contribution in [0.15, 0.2) is 48.8 Å². The van der Waals surface area contributed by atoms with Crippen LogP contribution < -0.4 is 15.5 Å². The lowest BCUT2D eigenvalue weighted by molar-refractivity contribution is -0.139. The van der Waals surface area contributed by atoms with Gasteiger partial charge in [0.05, 0.1) is 0 Å². The van der Waals surface area contributed by atoms with E-state index in [2.05, 4.69) is 25.5 Å². The van der Waals surface area contributed by atoms with Crippen molar-refractivity contribution < 1.29 is 9.59 Å². The highest BCUT2D eigenvalue weighted by Crippen LogP contribution is 2.19. The molecule has 2 heterocycles. The SMILES string of the molecule is O=C(NCc1ccccc1)C(=O)NCC1CCN(c2ncccn2)CC1. The molecule has 3 rings (SSSR count). The van der Waals surface area contributed by atoms with Crippen LogP contribution in [-0.4, -0.2) is 41.4 Å². The number of nitrogens with one attached hydrogen (secondary N) is 2. The molecule has 7 heteroatoms. The molecule has 0 radical (unpaired) electrons. The molecule has 136 valence electrons. The van der Waals surface area contributed by atoms with Gasteiger partial charge in [-0.2, -0.15) is 0 Å². The molecule has 2 amide bonds. The van der Waals surface area contributed by atoms with Crippen LogP contribution in [0, 0.1) is 5.92 Å². The molecule has 0 spiro atoms. The molecule has 2 N–H and O–H groups in total. The quantitative estimate of drug-likeness (QED) is 0.787. The van der Waals surface area contributed by atoms with Crippen LogP contribution in [0.3, 0.4) is 0 Å². The van der Waals surface area contributed by atoms with Gasteiger partial charge in [-0.3, -0.25) is 9.59 Å². The van der Waals surface area contributed by atoms with Gasteiger partial charge in [0.15, 0.2) is 0 Å². The number of carbonyl (C=O) groups is 2. The van der Waals surface area contributed by atoms with Crippen molar-refractivity contribution in [3.63, 3.8) is 0 Å². The average Bonchev–Trinajstić information content (AvgIpc) is 2.72. The van der Waals surface area contributed by atoms with Crippen LogP contribution in [0.4, 0.5) is 5.95 Å². The Bertz CT molecular complexity index is 715. The minimum atomic E-state index is -0.594. The van der Waals surface area contributed by atoms with Gasteiger partial charge in [-0.15, -0.1) is 0 Å². The van der Waals surface area contributed by atoms with E-state index in [1.54, 1.807) is 18.5 Å². The van der Waals surface area contributed by atoms with E-state index in [-0.39, 0.29) is 0 Å². The Morgan fingerprint density at radius 1 is 0.962 bits per heavy atom. The molecule has 0 unspecified atom stereocenters. The Labute approximate surface area is 152 Å². The second-order valence-electron chi connectivity index (χ2n) is 6.36. The third-order valence-electron chi connectivity index (χ3n) is 4.50. The first-order valence-corrected chi connectivity index (χ1v) is 8.84. The van der Waals surface area contributed by atoms with Gasteiger partial charge in [0.1, 0.15) is 0 Å². The van der Waals surface area contributed by atoms with Gasteiger partial charge in [-0.25, -0.2) is 9.97 Å². The smallest absolute Gasteiger partial charge is 0.309 e. The summed E-state index contributed by atoms with van der Waals surface area (Å²) in [5.74, 6) is -0.0603. The monoisotopic (exact) mass is 353 g/mol. The second-order valence-corrected chi connectivity index (χ2v) is 6.36. The molecule has 1 aliphatic heterocycles. The molecule has 1 aliphatic rings. The average molecular weight is 353 g/mol. The summed E-state index contributed by atoms with van der Waals surface area (Å²) < 4.78 is 0. The van der Waals surface area contributed by atoms with Crippen molar-refractivity contribution in [2.45, 2.75) is 19.4 Å². The van der Waals surface area contributed by atoms with Gasteiger partial charge in [0.2, 0.25) is 5.95 Å². The van der Waals surface area contributed by atoms with Crippen LogP contribution >= 0.6 is 0 Å². The molecular weight excluding hydrogens is 330 g/mol. The number of hydrogen-bond donors (Lipinski definition) is 2. The molecule has 0 bridgehead atoms. The van der Waals surface area contributed by atoms with Gasteiger partial charge < -0.3 is 15.5 Å². The highest BCUT2D eigenvalue weighted by Gasteiger charge is 2.22. The Morgan fingerprint density at radius 3 is 2.31 bits per heavy atom. The fourth-order valence-electron chi connectivity index (χ4n) is 2.97. The van der Waals surface area contributed by atoms with Crippen LogP contribution in [0.25, 0.3) is 0 Å². The van der Waals surface area contributed by atoms with E-state index in [1.807, 2.05) is 30.3 Å². The van der Waals surface area contributed by atoms with Gasteiger partial charge in [0, 0.05) is 38.6 Å². The topological polar surface area (TPSA) is 87.2 Å². The fourth-order valence-corrected chi connectivity index (χ4v) is 2.97. The Kier molecular flexibility index (Phi) is 6.14. The third-order valence-corrected chi connectivity index (χ3v) is 4.50. The number of carbonyl (C=O) groups excluding carboxylic acids is 2. The first kappa shape index (κ1) is 17.8. The lowest BCUT2D eigenvalue weighted by Gasteiger charge is -2.31. The number of nitrogens with zero attached hydrogens (tertiary/aromatic N) is 3. The van der Waals surface area contributed by atoms with Crippen molar-refractivity contribution in [3.05, 3.63) is 54.4 Å². The van der Waals surface area contributed by atoms with Crippen LogP contribution in [0.1, 0.15) is 18.4 Å². The van der Waals surface area contributed by atoms with E-state index < -0.39 is 11.8 Å². The van der Waals surface area contributed by atoms with E-state index in [9.17, 15) is 9.59 Å². The lowest BCUT2D eigenvalue weighted by Crippen LogP contribution is -2.43. The summed E-state index contributed by atoms with van der Waals surface area (Å²) in [6, 6.07) is 11.3. The van der Waals surface area contributed by atoms with E-state index in [0.717, 1.165) is 37.4 Å². The summed E-state index contributed by atoms with van der Waals surface area (Å²) >= 11 is 0. The molecule has 0 saturated carbocycles. The van der Waals surface area contributed by atoms with Crippen LogP contribution in [0.2, 0.25) is 0 Å². The number of piperidine rings is 1. The lowest BCUT2D eigenvalue weighted by atomic mass is 9.97. The highest BCUT2D eigenvalue weighted by molar-refractivity contribution is 6.35. The highest BCUT2D eigenvalue weighted by atomic mass is 16.2. The van der Waals surface area contributed by atoms with E-state index in [0.29, 0.717) is 19.0 Å². The standard InChI is InChI=1S/C19H23N5O2/c25-17(22-13-15-5-2-1-3-6-15)18(26)23-14-16-7-11-24(12-8-16)19-20-9-4-10-21-19/h1-6,9-10,16H,7-8,11-14H2,(H,22,25)(H,23,26). The van der Waals surface area contributed by atoms with Crippen LogP contribution in [0.5, 0.6) is 0 Å². The first-order valence-electron chi connectivity index (χ1n) is 8.84. The van der Waals surface area contributed by atoms with E-state index in [1.165, 1.54) is 0 Å². The van der Waals surface area contributed by atoms with Crippen molar-refractivity contribution in [2.75, 3.05) is 24.5 Å². The summed E-state index contributed by atoms with van der Waals surface area (Å²) in [4.78, 5) is 34.5. The maximum atomic E-state index is 11.9. The minimum Gasteiger partial charge on any atom is -0.348 e. The molecule has 1 saturated heterocycles. The molecule has 0 aliphatic carbocycles. The maximum Gasteiger partial charge on any atom is 0.309 e. The largest absolute Gasteiger partial charge is 0.348 e. The van der Waals surface area contributed by atoms with Crippen molar-refractivity contribution in [3.8, 4) is 0 Å². The Hall–Kier alpha value is -2.96. The molecular formula is C19H23N5O2. The normalized spacial score (nSPS) is 14.7. The predicted octanol–water partition coefficient (Wildman–Crippen LogP) is 1.13. The molecule has 26 heavy (non-hydrogen) atoms. The molecule has 1 aromatic carbocycles. The van der Waals surface area contributed by atoms with Gasteiger partial charge in [0.25, 0.3) is 0 Å². The minimum absolute atomic E-state index is 0.350. The van der Waals surface area contributed by atoms with Crippen molar-refractivity contribution in [1.29, 1.82) is 0 Å². The summed E-state index contributed by atoms with van der Waals surface area (Å²) in [7, 11) is 0. The number of anilines is 1. The number of amides is 2. The number of aromatic nitrogens is 2. The van der Waals surface area contributed by atoms with E-state index in [4.69, 9.17) is 0 Å². The Morgan fingerprint density at radius 2 is 1.62 bits per heavy atom. The van der Waals surface area contributed by atoms with Crippen LogP contribution in [-0.2, 0) is 16.1 Å². The number of rotatable bonds is 5. The zero-order valence-corrected chi connectivity index (χ0v) is 14.6. The summed E-state index contributed by atoms with van der Waals surface area (Å²) in [5.41, 5.74) is 0.962. The van der Waals surface area contributed by atoms with Crippen molar-refractivity contribution in [2.24, 2.45) is 5.92 Å². The predicted molar refractivity (Wildman–Crippen MR) is 98.3 cm³/mol. The summed E-state index contributed by atoms with van der Waals surface area (Å²) in [6.07, 6.45) is 5.35. The molecule has 7 nitrogen and oxygen atoms in total. The molecule has 2 aromatic rings. The number of hydrogen-bond acceptors (Lipinski definition) is 5. The van der Waals surface area contributed by atoms with Gasteiger partial charge >= 0.3 is 11.8 Å². The summed E-state index contributed by atoms with van der Waals surface area (Å²) in [5, 5.41) is 5.38. The van der Waals surface area contributed by atoms with Gasteiger partial charge in [-0.1, -0.05) is 30.3 Å². The Balaban J connectivity index is 1.36. The maximum absolute atomic E-state index is 11.9. The van der Waals surface area contributed by atoms with E-state index >= 15 is 0 Å². The zero-order chi connectivity index (χ0) is 18.2. The zero-order valence-electron chi connectivity index (χ0n) is 14.6. The number of benzene rings is 1. The first-order chi connectivity index (χ1) is 12.7. The van der Waals surface area contributed by atoms with Crippen molar-refractivity contribution >= 4 is 17.8 Å². The summed E-state index contributed by atoms with van der Waals surface area (Å²) in [6.45, 7) is 2.57. The van der Waals surface area contributed by atoms with Crippen molar-refractivity contribution in [1.82, 2.24) is 20.6 Å². The van der Waals surface area contributed by atoms with Gasteiger partial charge in [-0.05, 0) is 30.4 Å².